The predicted octanol–water partition coefficient (Wildman–Crippen LogP) is 11.6. The van der Waals surface area contributed by atoms with Crippen molar-refractivity contribution in [3.63, 3.8) is 0 Å². The van der Waals surface area contributed by atoms with Crippen molar-refractivity contribution in [1.82, 2.24) is 14.1 Å². The van der Waals surface area contributed by atoms with E-state index in [-0.39, 0.29) is 0 Å². The number of pyridine rings is 1. The van der Waals surface area contributed by atoms with E-state index in [1.54, 1.807) is 42.6 Å². The summed E-state index contributed by atoms with van der Waals surface area (Å²) in [5.74, 6) is 0. The van der Waals surface area contributed by atoms with Crippen LogP contribution in [0.25, 0.3) is 88.5 Å². The van der Waals surface area contributed by atoms with Crippen LogP contribution in [0.5, 0.6) is 0 Å². The Morgan fingerprint density at radius 2 is 0.850 bits per heavy atom. The van der Waals surface area contributed by atoms with Crippen LogP contribution in [-0.4, -0.2) is 14.1 Å². The van der Waals surface area contributed by atoms with Crippen molar-refractivity contribution in [1.29, 1.82) is 26.3 Å². The predicted molar refractivity (Wildman–Crippen MR) is 233 cm³/mol. The molecule has 7 aromatic carbocycles. The zero-order chi connectivity index (χ0) is 40.9. The van der Waals surface area contributed by atoms with E-state index >= 15 is 0 Å². The summed E-state index contributed by atoms with van der Waals surface area (Å²) in [4.78, 5) is 4.92. The fourth-order valence-corrected chi connectivity index (χ4v) is 8.40. The third-order valence-electron chi connectivity index (χ3n) is 11.0. The maximum atomic E-state index is 10.1. The second kappa shape index (κ2) is 14.0. The molecule has 3 heterocycles. The van der Waals surface area contributed by atoms with E-state index in [1.165, 1.54) is 0 Å². The molecule has 8 heteroatoms. The van der Waals surface area contributed by atoms with Crippen LogP contribution in [0.1, 0.15) is 27.8 Å². The SMILES string of the molecule is N#Cc1cc(C#N)cc(-c2ccc3c(c2)c2ccccc2n3-c2ccnc(-c3cc(C#N)ccc3-n3c4ccccc4c4cc(-c5cc(C#N)cc(C#N)c5)ccc43)c2)c1. The first kappa shape index (κ1) is 35.2. The lowest BCUT2D eigenvalue weighted by Gasteiger charge is -2.15. The summed E-state index contributed by atoms with van der Waals surface area (Å²) in [6.45, 7) is 0. The molecule has 8 nitrogen and oxygen atoms in total. The number of aromatic nitrogens is 3. The molecule has 0 saturated heterocycles. The van der Waals surface area contributed by atoms with Crippen molar-refractivity contribution in [2.45, 2.75) is 0 Å². The zero-order valence-electron chi connectivity index (χ0n) is 31.6. The molecule has 3 aromatic heterocycles. The van der Waals surface area contributed by atoms with Gasteiger partial charge < -0.3 is 9.13 Å². The number of benzene rings is 7. The van der Waals surface area contributed by atoms with Gasteiger partial charge in [0.1, 0.15) is 0 Å². The molecule has 10 rings (SSSR count). The van der Waals surface area contributed by atoms with Gasteiger partial charge in [-0.3, -0.25) is 4.98 Å². The average molecular weight is 763 g/mol. The number of para-hydroxylation sites is 2. The van der Waals surface area contributed by atoms with Gasteiger partial charge in [-0.15, -0.1) is 0 Å². The van der Waals surface area contributed by atoms with E-state index in [1.807, 2.05) is 60.7 Å². The molecule has 0 bridgehead atoms. The Labute approximate surface area is 343 Å². The van der Waals surface area contributed by atoms with Crippen molar-refractivity contribution in [3.05, 3.63) is 186 Å². The van der Waals surface area contributed by atoms with Crippen LogP contribution in [0, 0.1) is 56.7 Å². The van der Waals surface area contributed by atoms with Crippen LogP contribution in [0.3, 0.4) is 0 Å². The molecule has 0 aliphatic carbocycles. The Hall–Kier alpha value is -9.26. The van der Waals surface area contributed by atoms with Gasteiger partial charge in [0, 0.05) is 39.0 Å². The second-order valence-corrected chi connectivity index (χ2v) is 14.5. The minimum atomic E-state index is 0.423. The minimum absolute atomic E-state index is 0.423. The fourth-order valence-electron chi connectivity index (χ4n) is 8.40. The van der Waals surface area contributed by atoms with Gasteiger partial charge >= 0.3 is 0 Å². The van der Waals surface area contributed by atoms with Gasteiger partial charge in [0.05, 0.1) is 91.6 Å². The highest BCUT2D eigenvalue weighted by atomic mass is 15.0. The second-order valence-electron chi connectivity index (χ2n) is 14.5. The number of nitrogens with zero attached hydrogens (tertiary/aromatic N) is 8. The average Bonchev–Trinajstić information content (AvgIpc) is 3.83. The van der Waals surface area contributed by atoms with Crippen LogP contribution in [0.4, 0.5) is 0 Å². The normalized spacial score (nSPS) is 10.9. The molecule has 274 valence electrons. The first-order chi connectivity index (χ1) is 29.5. The molecule has 0 spiro atoms. The molecule has 0 saturated carbocycles. The van der Waals surface area contributed by atoms with Gasteiger partial charge in [-0.1, -0.05) is 48.5 Å². The monoisotopic (exact) mass is 762 g/mol. The summed E-state index contributed by atoms with van der Waals surface area (Å²) in [6.07, 6.45) is 1.79. The van der Waals surface area contributed by atoms with Gasteiger partial charge in [-0.2, -0.15) is 26.3 Å². The van der Waals surface area contributed by atoms with Crippen molar-refractivity contribution in [3.8, 4) is 75.2 Å². The van der Waals surface area contributed by atoms with Crippen LogP contribution < -0.4 is 0 Å². The van der Waals surface area contributed by atoms with Gasteiger partial charge in [-0.25, -0.2) is 0 Å². The summed E-state index contributed by atoms with van der Waals surface area (Å²) in [7, 11) is 0. The third-order valence-corrected chi connectivity index (χ3v) is 11.0. The van der Waals surface area contributed by atoms with Crippen LogP contribution >= 0.6 is 0 Å². The van der Waals surface area contributed by atoms with Gasteiger partial charge in [0.15, 0.2) is 0 Å². The summed E-state index contributed by atoms with van der Waals surface area (Å²) < 4.78 is 4.41. The van der Waals surface area contributed by atoms with E-state index in [2.05, 4.69) is 94.1 Å². The summed E-state index contributed by atoms with van der Waals surface area (Å²) >= 11 is 0. The molecule has 60 heavy (non-hydrogen) atoms. The van der Waals surface area contributed by atoms with Crippen LogP contribution in [0.15, 0.2) is 158 Å². The fraction of sp³-hybridized carbons (Fsp3) is 0. The highest BCUT2D eigenvalue weighted by Crippen LogP contribution is 2.40. The maximum Gasteiger partial charge on any atom is 0.0992 e. The van der Waals surface area contributed by atoms with E-state index in [0.29, 0.717) is 33.5 Å². The molecule has 0 aliphatic rings. The van der Waals surface area contributed by atoms with E-state index in [9.17, 15) is 26.3 Å². The Morgan fingerprint density at radius 3 is 1.38 bits per heavy atom. The van der Waals surface area contributed by atoms with Crippen LogP contribution in [-0.2, 0) is 0 Å². The topological polar surface area (TPSA) is 142 Å². The van der Waals surface area contributed by atoms with Crippen molar-refractivity contribution < 1.29 is 0 Å². The van der Waals surface area contributed by atoms with Gasteiger partial charge in [-0.05, 0) is 125 Å². The quantitative estimate of drug-likeness (QED) is 0.171. The third kappa shape index (κ3) is 5.69. The first-order valence-corrected chi connectivity index (χ1v) is 19.0. The molecule has 0 fully saturated rings. The molecular formula is C52H26N8. The first-order valence-electron chi connectivity index (χ1n) is 19.0. The van der Waals surface area contributed by atoms with E-state index in [4.69, 9.17) is 4.98 Å². The summed E-state index contributed by atoms with van der Waals surface area (Å²) in [5, 5.41) is 52.8. The Morgan fingerprint density at radius 1 is 0.367 bits per heavy atom. The molecule has 0 aliphatic heterocycles. The van der Waals surface area contributed by atoms with Crippen molar-refractivity contribution >= 4 is 43.6 Å². The van der Waals surface area contributed by atoms with Crippen LogP contribution in [0.2, 0.25) is 0 Å². The van der Waals surface area contributed by atoms with Gasteiger partial charge in [0.25, 0.3) is 0 Å². The van der Waals surface area contributed by atoms with Crippen molar-refractivity contribution in [2.75, 3.05) is 0 Å². The Bertz CT molecular complexity index is 3620. The van der Waals surface area contributed by atoms with Crippen molar-refractivity contribution in [2.24, 2.45) is 0 Å². The lowest BCUT2D eigenvalue weighted by molar-refractivity contribution is 1.14. The number of hydrogen-bond donors (Lipinski definition) is 0. The maximum absolute atomic E-state index is 10.1. The largest absolute Gasteiger partial charge is 0.309 e. The van der Waals surface area contributed by atoms with Gasteiger partial charge in [0.2, 0.25) is 0 Å². The summed E-state index contributed by atoms with van der Waals surface area (Å²) in [5.41, 5.74) is 12.6. The summed E-state index contributed by atoms with van der Waals surface area (Å²) in [6, 6.07) is 59.9. The highest BCUT2D eigenvalue weighted by Gasteiger charge is 2.20. The number of rotatable bonds is 5. The smallest absolute Gasteiger partial charge is 0.0992 e. The number of hydrogen-bond acceptors (Lipinski definition) is 6. The number of fused-ring (bicyclic) bond motifs is 6. The molecular weight excluding hydrogens is 737 g/mol. The molecule has 0 unspecified atom stereocenters. The molecule has 0 N–H and O–H groups in total. The lowest BCUT2D eigenvalue weighted by Crippen LogP contribution is -2.00. The Balaban J connectivity index is 1.15. The molecule has 0 atom stereocenters. The zero-order valence-corrected chi connectivity index (χ0v) is 31.6. The minimum Gasteiger partial charge on any atom is -0.309 e. The van der Waals surface area contributed by atoms with E-state index < -0.39 is 0 Å². The standard InChI is InChI=1S/C52H26N8/c53-27-32-9-12-52(60-49-8-4-2-6-43(49)45-25-38(11-14-51(45)60)40-21-35(30-56)18-36(22-40)31-57)46(23-32)47-26-41(15-16-58-47)59-48-7-3-1-5-42(48)44-24-37(10-13-50(44)59)39-19-33(28-54)17-34(20-39)29-55/h1-26H. The molecule has 0 radical (unpaired) electrons. The lowest BCUT2D eigenvalue weighted by atomic mass is 9.99. The highest BCUT2D eigenvalue weighted by molar-refractivity contribution is 6.12. The number of nitriles is 5. The Kier molecular flexibility index (Phi) is 8.23. The molecule has 10 aromatic rings. The molecule has 0 amide bonds. The van der Waals surface area contributed by atoms with E-state index in [0.717, 1.165) is 82.8 Å².